The number of rotatable bonds is 21. The number of hydrogen-bond donors (Lipinski definition) is 1. The van der Waals surface area contributed by atoms with E-state index in [-0.39, 0.29) is 39.3 Å². The summed E-state index contributed by atoms with van der Waals surface area (Å²) in [5, 5.41) is 20.6. The van der Waals surface area contributed by atoms with Crippen LogP contribution in [0.5, 0.6) is 0 Å². The summed E-state index contributed by atoms with van der Waals surface area (Å²) < 4.78 is 0. The number of unbranched alkanes of at least 4 members (excludes halogenated alkanes) is 2. The van der Waals surface area contributed by atoms with Gasteiger partial charge in [-0.15, -0.1) is 0 Å². The van der Waals surface area contributed by atoms with E-state index in [1.165, 1.54) is 144 Å². The Morgan fingerprint density at radius 2 is 1.08 bits per heavy atom. The average molecular weight is 1060 g/mol. The molecule has 4 fully saturated rings. The molecule has 78 heavy (non-hydrogen) atoms. The van der Waals surface area contributed by atoms with Crippen LogP contribution in [0.1, 0.15) is 248 Å². The van der Waals surface area contributed by atoms with E-state index in [9.17, 15) is 19.7 Å². The molecule has 10 heteroatoms. The number of nitrogens with two attached hydrogens (primary N) is 1. The number of oxime groups is 2. The zero-order chi connectivity index (χ0) is 54.8. The minimum Gasteiger partial charge on any atom is -0.399 e. The van der Waals surface area contributed by atoms with Crippen molar-refractivity contribution < 1.29 is 24.2 Å². The molecule has 4 aromatic rings. The van der Waals surface area contributed by atoms with Gasteiger partial charge in [-0.25, -0.2) is 9.59 Å². The standard InChI is InChI=1S/C36H50N2O2.C32H40N2O4/c1-3-5-21-36(22-6-4-2)32-24-28(16-18-30(32)31-19-17-29(37)25-33(31)36)34(23-27-13-9-10-14-27)38-40-35(39)20-15-26-11-7-8-12-26;1-4-21-9-12-23(13-10-21)31(33-38-30(35)18-11-22-7-5-6-8-22)24-14-16-26-27-17-15-25(34(36)37)20-29(27)32(2,3)28(26)19-24/h16-19,24-27H,3-15,20-23,37H2,1-2H3;14-17,19-23H,4-13,18H2,1-3H3/b38-34+;33-31-. The maximum absolute atomic E-state index is 12.7. The molecule has 4 aromatic carbocycles. The molecule has 2 N–H and O–H groups in total. The van der Waals surface area contributed by atoms with Gasteiger partial charge in [0.15, 0.2) is 0 Å². The average Bonchev–Trinajstić information content (AvgIpc) is 4.52. The Morgan fingerprint density at radius 3 is 1.64 bits per heavy atom. The Balaban J connectivity index is 0.000000190. The summed E-state index contributed by atoms with van der Waals surface area (Å²) in [7, 11) is 0. The lowest BCUT2D eigenvalue weighted by molar-refractivity contribution is -0.384. The fourth-order valence-electron chi connectivity index (χ4n) is 14.8. The topological polar surface area (TPSA) is 146 Å². The first-order valence-corrected chi connectivity index (χ1v) is 30.9. The van der Waals surface area contributed by atoms with Crippen LogP contribution in [0.3, 0.4) is 0 Å². The fourth-order valence-corrected chi connectivity index (χ4v) is 14.8. The molecule has 0 unspecified atom stereocenters. The van der Waals surface area contributed by atoms with Crippen LogP contribution in [0.25, 0.3) is 22.3 Å². The van der Waals surface area contributed by atoms with E-state index in [0.29, 0.717) is 30.6 Å². The van der Waals surface area contributed by atoms with Crippen molar-refractivity contribution >= 4 is 34.7 Å². The summed E-state index contributed by atoms with van der Waals surface area (Å²) >= 11 is 0. The molecule has 0 saturated heterocycles. The number of anilines is 1. The molecule has 4 saturated carbocycles. The molecule has 10 nitrogen and oxygen atoms in total. The molecule has 0 bridgehead atoms. The first-order valence-electron chi connectivity index (χ1n) is 30.9. The zero-order valence-electron chi connectivity index (χ0n) is 48.0. The lowest BCUT2D eigenvalue weighted by Crippen LogP contribution is -2.26. The number of fused-ring (bicyclic) bond motifs is 6. The van der Waals surface area contributed by atoms with Gasteiger partial charge < -0.3 is 15.4 Å². The van der Waals surface area contributed by atoms with E-state index in [1.54, 1.807) is 12.1 Å². The first-order chi connectivity index (χ1) is 37.8. The lowest BCUT2D eigenvalue weighted by atomic mass is 9.70. The second-order valence-electron chi connectivity index (χ2n) is 25.0. The normalized spacial score (nSPS) is 20.6. The van der Waals surface area contributed by atoms with Crippen LogP contribution in [0.4, 0.5) is 11.4 Å². The highest BCUT2D eigenvalue weighted by molar-refractivity contribution is 6.04. The van der Waals surface area contributed by atoms with E-state index in [0.717, 1.165) is 101 Å². The number of benzene rings is 4. The molecule has 0 aliphatic heterocycles. The molecule has 0 heterocycles. The summed E-state index contributed by atoms with van der Waals surface area (Å²) in [6.45, 7) is 11.1. The van der Waals surface area contributed by atoms with Gasteiger partial charge in [-0.05, 0) is 167 Å². The third kappa shape index (κ3) is 13.0. The maximum Gasteiger partial charge on any atom is 0.335 e. The molecular formula is C68H90N4O6. The van der Waals surface area contributed by atoms with E-state index >= 15 is 0 Å². The van der Waals surface area contributed by atoms with Gasteiger partial charge in [0.1, 0.15) is 0 Å². The second kappa shape index (κ2) is 26.1. The van der Waals surface area contributed by atoms with Crippen LogP contribution in [0.2, 0.25) is 0 Å². The Labute approximate surface area is 466 Å². The van der Waals surface area contributed by atoms with Crippen LogP contribution < -0.4 is 5.73 Å². The first kappa shape index (κ1) is 57.1. The van der Waals surface area contributed by atoms with E-state index in [4.69, 9.17) is 15.4 Å². The van der Waals surface area contributed by atoms with Crippen LogP contribution >= 0.6 is 0 Å². The second-order valence-corrected chi connectivity index (χ2v) is 25.0. The number of carbonyl (C=O) groups excluding carboxylic acids is 2. The predicted octanol–water partition coefficient (Wildman–Crippen LogP) is 18.0. The molecular weight excluding hydrogens is 969 g/mol. The quantitative estimate of drug-likeness (QED) is 0.0287. The maximum atomic E-state index is 12.7. The van der Waals surface area contributed by atoms with Crippen molar-refractivity contribution in [2.75, 3.05) is 5.73 Å². The van der Waals surface area contributed by atoms with E-state index < -0.39 is 0 Å². The molecule has 6 aliphatic rings. The van der Waals surface area contributed by atoms with Crippen molar-refractivity contribution in [2.24, 2.45) is 39.9 Å². The lowest BCUT2D eigenvalue weighted by Gasteiger charge is -2.33. The van der Waals surface area contributed by atoms with Gasteiger partial charge in [0, 0.05) is 47.4 Å². The number of nitro groups is 1. The third-order valence-electron chi connectivity index (χ3n) is 19.5. The van der Waals surface area contributed by atoms with Gasteiger partial charge in [0.05, 0.1) is 16.3 Å². The van der Waals surface area contributed by atoms with Gasteiger partial charge in [-0.2, -0.15) is 0 Å². The zero-order valence-corrected chi connectivity index (χ0v) is 48.0. The predicted molar refractivity (Wildman–Crippen MR) is 317 cm³/mol. The molecule has 0 aromatic heterocycles. The number of nitro benzene ring substituents is 1. The van der Waals surface area contributed by atoms with Gasteiger partial charge in [0.25, 0.3) is 5.69 Å². The van der Waals surface area contributed by atoms with Crippen LogP contribution in [0, 0.1) is 39.7 Å². The third-order valence-corrected chi connectivity index (χ3v) is 19.5. The number of hydrogen-bond acceptors (Lipinski definition) is 9. The number of nitrogens with zero attached hydrogens (tertiary/aromatic N) is 3. The van der Waals surface area contributed by atoms with Crippen molar-refractivity contribution in [1.82, 2.24) is 0 Å². The molecule has 10 rings (SSSR count). The molecule has 0 radical (unpaired) electrons. The Kier molecular flexibility index (Phi) is 19.1. The minimum absolute atomic E-state index is 0.0293. The van der Waals surface area contributed by atoms with Crippen molar-refractivity contribution in [3.8, 4) is 22.3 Å². The number of carbonyl (C=O) groups is 2. The van der Waals surface area contributed by atoms with Crippen molar-refractivity contribution in [3.63, 3.8) is 0 Å². The summed E-state index contributed by atoms with van der Waals surface area (Å²) in [4.78, 5) is 47.7. The molecule has 0 spiro atoms. The summed E-state index contributed by atoms with van der Waals surface area (Å²) in [6, 6.07) is 25.0. The Hall–Kier alpha value is -5.64. The largest absolute Gasteiger partial charge is 0.399 e. The van der Waals surface area contributed by atoms with Crippen molar-refractivity contribution in [1.29, 1.82) is 0 Å². The van der Waals surface area contributed by atoms with Crippen LogP contribution in [-0.4, -0.2) is 28.3 Å². The van der Waals surface area contributed by atoms with Gasteiger partial charge >= 0.3 is 11.9 Å². The van der Waals surface area contributed by atoms with E-state index in [2.05, 4.69) is 93.5 Å². The summed E-state index contributed by atoms with van der Waals surface area (Å²) in [5.74, 6) is 2.54. The molecule has 0 amide bonds. The molecule has 0 atom stereocenters. The Morgan fingerprint density at radius 1 is 0.590 bits per heavy atom. The smallest absolute Gasteiger partial charge is 0.335 e. The number of nitrogen functional groups attached to an aromatic ring is 1. The summed E-state index contributed by atoms with van der Waals surface area (Å²) in [5.41, 5.74) is 20.6. The van der Waals surface area contributed by atoms with Gasteiger partial charge in [-0.3, -0.25) is 10.1 Å². The highest BCUT2D eigenvalue weighted by atomic mass is 16.7. The van der Waals surface area contributed by atoms with Gasteiger partial charge in [0.2, 0.25) is 0 Å². The molecule has 418 valence electrons. The summed E-state index contributed by atoms with van der Waals surface area (Å²) in [6.07, 6.45) is 31.4. The monoisotopic (exact) mass is 1060 g/mol. The van der Waals surface area contributed by atoms with Gasteiger partial charge in [-0.1, -0.05) is 184 Å². The van der Waals surface area contributed by atoms with Crippen molar-refractivity contribution in [2.45, 2.75) is 225 Å². The fraction of sp³-hybridized carbons (Fsp3) is 0.588. The highest BCUT2D eigenvalue weighted by Gasteiger charge is 2.43. The van der Waals surface area contributed by atoms with Crippen LogP contribution in [0.15, 0.2) is 83.1 Å². The van der Waals surface area contributed by atoms with E-state index in [1.807, 2.05) is 12.1 Å². The number of non-ortho nitro benzene ring substituents is 1. The SMILES string of the molecule is CCC1CCC(/C(=N/OC(=O)CCC2CCCC2)c2ccc3c(c2)C(C)(C)c2cc([N+](=O)[O-])ccc2-3)CC1.CCCCC1(CCCC)c2cc(N)ccc2-c2ccc(/C(CC3CCCC3)=N/OC(=O)CCC3CCCC3)cc21. The minimum atomic E-state index is -0.379. The molecule has 6 aliphatic carbocycles. The van der Waals surface area contributed by atoms with Crippen molar-refractivity contribution in [3.05, 3.63) is 116 Å². The Bertz CT molecular complexity index is 2790. The van der Waals surface area contributed by atoms with Crippen LogP contribution in [-0.2, 0) is 30.1 Å². The highest BCUT2D eigenvalue weighted by Crippen LogP contribution is 2.55.